The molecule has 0 atom stereocenters. The minimum Gasteiger partial charge on any atom is -0.373 e. The van der Waals surface area contributed by atoms with Gasteiger partial charge in [0.15, 0.2) is 4.83 Å². The summed E-state index contributed by atoms with van der Waals surface area (Å²) >= 11 is 1.80. The monoisotopic (exact) mass is 398 g/mol. The van der Waals surface area contributed by atoms with Crippen LogP contribution in [0.15, 0.2) is 6.33 Å². The summed E-state index contributed by atoms with van der Waals surface area (Å²) in [6.45, 7) is 6.71. The van der Waals surface area contributed by atoms with Gasteiger partial charge in [-0.25, -0.2) is 15.0 Å². The molecule has 1 aliphatic carbocycles. The van der Waals surface area contributed by atoms with E-state index in [4.69, 9.17) is 9.72 Å². The Morgan fingerprint density at radius 2 is 2.00 bits per heavy atom. The lowest BCUT2D eigenvalue weighted by molar-refractivity contribution is -0.328. The highest BCUT2D eigenvalue weighted by Gasteiger charge is 2.30. The van der Waals surface area contributed by atoms with E-state index in [0.29, 0.717) is 0 Å². The van der Waals surface area contributed by atoms with Crippen molar-refractivity contribution >= 4 is 43.4 Å². The van der Waals surface area contributed by atoms with Crippen LogP contribution in [0.1, 0.15) is 43.7 Å². The Bertz CT molecular complexity index is 996. The number of hydrogen-bond acceptors (Lipinski definition) is 6. The van der Waals surface area contributed by atoms with Gasteiger partial charge >= 0.3 is 0 Å². The largest absolute Gasteiger partial charge is 0.373 e. The molecule has 3 aromatic rings. The number of thiophene rings is 1. The van der Waals surface area contributed by atoms with Crippen molar-refractivity contribution < 1.29 is 9.72 Å². The number of aryl methyl sites for hydroxylation is 1. The fourth-order valence-electron chi connectivity index (χ4n) is 4.47. The van der Waals surface area contributed by atoms with E-state index in [0.717, 1.165) is 63.4 Å². The molecular formula is C21H28N5OS+. The van der Waals surface area contributed by atoms with Crippen LogP contribution in [0.5, 0.6) is 0 Å². The maximum atomic E-state index is 5.58. The van der Waals surface area contributed by atoms with Crippen LogP contribution in [0.2, 0.25) is 0 Å². The summed E-state index contributed by atoms with van der Waals surface area (Å²) in [4.78, 5) is 16.8. The molecule has 5 rings (SSSR count). The molecule has 3 aromatic heterocycles. The summed E-state index contributed by atoms with van der Waals surface area (Å²) in [5.41, 5.74) is 4.11. The number of aromatic amines is 1. The minimum atomic E-state index is 0.810. The number of H-pyrrole nitrogens is 1. The third-order valence-electron chi connectivity index (χ3n) is 5.91. The van der Waals surface area contributed by atoms with E-state index < -0.39 is 0 Å². The summed E-state index contributed by atoms with van der Waals surface area (Å²) < 4.78 is 6.76. The number of ether oxygens (including phenoxy) is 1. The number of nitrogens with one attached hydrogen (secondary N) is 2. The number of fused-ring (bicyclic) bond motifs is 5. The molecule has 148 valence electrons. The van der Waals surface area contributed by atoms with Gasteiger partial charge in [0.05, 0.1) is 24.1 Å². The average Bonchev–Trinajstić information content (AvgIpc) is 3.14. The molecule has 0 spiro atoms. The van der Waals surface area contributed by atoms with E-state index in [-0.39, 0.29) is 0 Å². The number of morpholine rings is 1. The first-order valence-electron chi connectivity index (χ1n) is 10.6. The molecule has 0 bridgehead atoms. The molecule has 0 amide bonds. The summed E-state index contributed by atoms with van der Waals surface area (Å²) in [5, 5.41) is 4.85. The number of rotatable bonds is 5. The van der Waals surface area contributed by atoms with E-state index >= 15 is 0 Å². The predicted octanol–water partition coefficient (Wildman–Crippen LogP) is 3.59. The molecule has 28 heavy (non-hydrogen) atoms. The van der Waals surface area contributed by atoms with Crippen LogP contribution in [0.4, 0.5) is 11.6 Å². The van der Waals surface area contributed by atoms with Crippen molar-refractivity contribution in [2.24, 2.45) is 0 Å². The molecule has 0 aromatic carbocycles. The van der Waals surface area contributed by atoms with Gasteiger partial charge in [0, 0.05) is 12.1 Å². The highest BCUT2D eigenvalue weighted by Crippen LogP contribution is 2.40. The molecule has 4 heterocycles. The third-order valence-corrected chi connectivity index (χ3v) is 7.01. The Morgan fingerprint density at radius 1 is 1.18 bits per heavy atom. The van der Waals surface area contributed by atoms with Crippen molar-refractivity contribution in [1.29, 1.82) is 0 Å². The first-order chi connectivity index (χ1) is 13.9. The molecule has 2 aliphatic rings. The van der Waals surface area contributed by atoms with Gasteiger partial charge in [-0.15, -0.1) is 0 Å². The Hall–Kier alpha value is -1.99. The van der Waals surface area contributed by atoms with E-state index in [1.165, 1.54) is 51.1 Å². The maximum Gasteiger partial charge on any atom is 0.279 e. The molecule has 2 N–H and O–H groups in total. The zero-order chi connectivity index (χ0) is 18.9. The maximum absolute atomic E-state index is 5.58. The lowest BCUT2D eigenvalue weighted by atomic mass is 9.90. The summed E-state index contributed by atoms with van der Waals surface area (Å²) in [6.07, 6.45) is 8.87. The van der Waals surface area contributed by atoms with Gasteiger partial charge in [-0.2, -0.15) is 0 Å². The van der Waals surface area contributed by atoms with Crippen molar-refractivity contribution in [2.45, 2.75) is 45.4 Å². The van der Waals surface area contributed by atoms with E-state index in [1.807, 2.05) is 0 Å². The van der Waals surface area contributed by atoms with Gasteiger partial charge in [-0.05, 0) is 37.7 Å². The second-order valence-electron chi connectivity index (χ2n) is 7.72. The number of anilines is 2. The molecule has 0 saturated carbocycles. The quantitative estimate of drug-likeness (QED) is 0.666. The lowest BCUT2D eigenvalue weighted by Gasteiger charge is -2.25. The van der Waals surface area contributed by atoms with Crippen LogP contribution in [0.25, 0.3) is 20.4 Å². The molecule has 6 nitrogen and oxygen atoms in total. The SMILES string of the molecule is CCCCNc1ncnc2c1sc1[nH+]c(N3CCOCC3)c3c(c12)CCCC3. The normalized spacial score (nSPS) is 17.2. The second-order valence-corrected chi connectivity index (χ2v) is 8.74. The molecule has 1 saturated heterocycles. The van der Waals surface area contributed by atoms with Gasteiger partial charge in [0.1, 0.15) is 29.9 Å². The summed E-state index contributed by atoms with van der Waals surface area (Å²) in [6, 6.07) is 0. The molecule has 7 heteroatoms. The smallest absolute Gasteiger partial charge is 0.279 e. The lowest BCUT2D eigenvalue weighted by Crippen LogP contribution is -2.40. The van der Waals surface area contributed by atoms with Gasteiger partial charge < -0.3 is 10.1 Å². The van der Waals surface area contributed by atoms with Crippen LogP contribution >= 0.6 is 11.3 Å². The molecule has 1 aliphatic heterocycles. The molecule has 0 radical (unpaired) electrons. The fourth-order valence-corrected chi connectivity index (χ4v) is 5.62. The standard InChI is InChI=1S/C21H27N5OS/c1-2-3-8-22-19-18-17(23-13-24-19)16-14-6-4-5-7-15(14)20(25-21(16)28-18)26-9-11-27-12-10-26/h13H,2-12H2,1H3,(H,22,23,24)/p+1. The van der Waals surface area contributed by atoms with Gasteiger partial charge in [-0.1, -0.05) is 24.7 Å². The Balaban J connectivity index is 1.68. The molecule has 0 unspecified atom stereocenters. The van der Waals surface area contributed by atoms with Crippen LogP contribution in [-0.4, -0.2) is 42.8 Å². The highest BCUT2D eigenvalue weighted by atomic mass is 32.1. The van der Waals surface area contributed by atoms with Crippen molar-refractivity contribution in [3.05, 3.63) is 17.5 Å². The summed E-state index contributed by atoms with van der Waals surface area (Å²) in [7, 11) is 0. The minimum absolute atomic E-state index is 0.810. The zero-order valence-corrected chi connectivity index (χ0v) is 17.3. The molecule has 1 fully saturated rings. The first kappa shape index (κ1) is 18.1. The average molecular weight is 399 g/mol. The number of nitrogens with zero attached hydrogens (tertiary/aromatic N) is 3. The number of hydrogen-bond donors (Lipinski definition) is 1. The fraction of sp³-hybridized carbons (Fsp3) is 0.571. The van der Waals surface area contributed by atoms with Crippen molar-refractivity contribution in [3.8, 4) is 0 Å². The number of unbranched alkanes of at least 4 members (excludes halogenated alkanes) is 1. The van der Waals surface area contributed by atoms with Crippen LogP contribution < -0.4 is 15.2 Å². The third kappa shape index (κ3) is 3.10. The molecular weight excluding hydrogens is 370 g/mol. The predicted molar refractivity (Wildman–Crippen MR) is 115 cm³/mol. The Morgan fingerprint density at radius 3 is 2.82 bits per heavy atom. The van der Waals surface area contributed by atoms with E-state index in [2.05, 4.69) is 27.1 Å². The van der Waals surface area contributed by atoms with Crippen molar-refractivity contribution in [2.75, 3.05) is 43.1 Å². The van der Waals surface area contributed by atoms with E-state index in [1.54, 1.807) is 17.7 Å². The van der Waals surface area contributed by atoms with Crippen LogP contribution in [0.3, 0.4) is 0 Å². The van der Waals surface area contributed by atoms with Gasteiger partial charge in [-0.3, -0.25) is 4.90 Å². The summed E-state index contributed by atoms with van der Waals surface area (Å²) in [5.74, 6) is 2.29. The number of aromatic nitrogens is 3. The second kappa shape index (κ2) is 7.79. The first-order valence-corrected chi connectivity index (χ1v) is 11.4. The van der Waals surface area contributed by atoms with Crippen LogP contribution in [0, 0.1) is 0 Å². The van der Waals surface area contributed by atoms with Gasteiger partial charge in [0.2, 0.25) is 0 Å². The van der Waals surface area contributed by atoms with Crippen molar-refractivity contribution in [3.63, 3.8) is 0 Å². The van der Waals surface area contributed by atoms with Gasteiger partial charge in [0.25, 0.3) is 5.82 Å². The number of pyridine rings is 1. The van der Waals surface area contributed by atoms with Crippen molar-refractivity contribution in [1.82, 2.24) is 9.97 Å². The zero-order valence-electron chi connectivity index (χ0n) is 16.5. The Kier molecular flexibility index (Phi) is 5.03. The Labute approximate surface area is 169 Å². The van der Waals surface area contributed by atoms with Crippen LogP contribution in [-0.2, 0) is 17.6 Å². The topological polar surface area (TPSA) is 64.4 Å². The van der Waals surface area contributed by atoms with E-state index in [9.17, 15) is 0 Å². The highest BCUT2D eigenvalue weighted by molar-refractivity contribution is 7.25.